The van der Waals surface area contributed by atoms with Gasteiger partial charge in [-0.25, -0.2) is 0 Å². The van der Waals surface area contributed by atoms with Crippen molar-refractivity contribution >= 4 is 34.1 Å². The lowest BCUT2D eigenvalue weighted by Crippen LogP contribution is -2.28. The second-order valence-electron chi connectivity index (χ2n) is 24.4. The maximum atomic E-state index is 2.65. The Morgan fingerprint density at radius 2 is 0.425 bits per heavy atom. The van der Waals surface area contributed by atoms with E-state index < -0.39 is 0 Å². The maximum Gasteiger partial charge on any atom is 0.0465 e. The standard InChI is InChI=1S/C78H68N2/c1-8-22-58(23-9-1)79(59-24-10-2-11-25-59)62-34-40-68-66-38-32-56(50-72(66)77(74(68)52-62)44-18-6-19-45-77)54-30-36-64-65-37-31-55(49-71(65)76(70(64)48-54)42-16-5-17-43-76)57-33-39-67-69-41-35-63(53-75(69)78(73(67)51-57)46-20-7-21-47-78)80(60-26-12-3-13-27-60)61-28-14-4-15-29-61/h1-4,8-15,22-41,48-53H,5-7,16-21,42-47H2. The zero-order chi connectivity index (χ0) is 52.8. The van der Waals surface area contributed by atoms with Crippen LogP contribution in [0.2, 0.25) is 0 Å². The summed E-state index contributed by atoms with van der Waals surface area (Å²) in [7, 11) is 0. The number of hydrogen-bond donors (Lipinski definition) is 0. The van der Waals surface area contributed by atoms with Gasteiger partial charge < -0.3 is 9.80 Å². The number of anilines is 6. The lowest BCUT2D eigenvalue weighted by Gasteiger charge is -2.37. The molecule has 0 aliphatic heterocycles. The summed E-state index contributed by atoms with van der Waals surface area (Å²) in [6.45, 7) is 0. The van der Waals surface area contributed by atoms with E-state index in [4.69, 9.17) is 0 Å². The highest BCUT2D eigenvalue weighted by molar-refractivity contribution is 5.92. The van der Waals surface area contributed by atoms with Crippen LogP contribution in [0.5, 0.6) is 0 Å². The molecule has 80 heavy (non-hydrogen) atoms. The van der Waals surface area contributed by atoms with Crippen LogP contribution in [0.1, 0.15) is 130 Å². The van der Waals surface area contributed by atoms with E-state index in [2.05, 4.69) is 240 Å². The molecule has 0 bridgehead atoms. The van der Waals surface area contributed by atoms with Crippen molar-refractivity contribution in [2.24, 2.45) is 0 Å². The number of para-hydroxylation sites is 4. The van der Waals surface area contributed by atoms with Gasteiger partial charge in [0.25, 0.3) is 0 Å². The minimum atomic E-state index is 0.00773. The van der Waals surface area contributed by atoms with Gasteiger partial charge in [0.05, 0.1) is 0 Å². The smallest absolute Gasteiger partial charge is 0.0465 e. The lowest BCUT2D eigenvalue weighted by molar-refractivity contribution is 0.352. The average molecular weight is 1030 g/mol. The number of fused-ring (bicyclic) bond motifs is 15. The highest BCUT2D eigenvalue weighted by Crippen LogP contribution is 2.61. The summed E-state index contributed by atoms with van der Waals surface area (Å²) in [6, 6.07) is 88.7. The quantitative estimate of drug-likeness (QED) is 0.150. The summed E-state index contributed by atoms with van der Waals surface area (Å²) < 4.78 is 0. The van der Waals surface area contributed by atoms with Gasteiger partial charge in [0, 0.05) is 50.4 Å². The topological polar surface area (TPSA) is 6.48 Å². The Bertz CT molecular complexity index is 3650. The Labute approximate surface area is 473 Å². The van der Waals surface area contributed by atoms with Crippen molar-refractivity contribution in [2.75, 3.05) is 9.80 Å². The van der Waals surface area contributed by atoms with Gasteiger partial charge >= 0.3 is 0 Å². The highest BCUT2D eigenvalue weighted by Gasteiger charge is 2.48. The van der Waals surface area contributed by atoms with Crippen molar-refractivity contribution in [3.8, 4) is 55.6 Å². The van der Waals surface area contributed by atoms with Gasteiger partial charge in [-0.2, -0.15) is 0 Å². The molecule has 0 amide bonds. The van der Waals surface area contributed by atoms with Gasteiger partial charge in [-0.05, 0) is 225 Å². The van der Waals surface area contributed by atoms with Crippen LogP contribution in [0.25, 0.3) is 55.6 Å². The van der Waals surface area contributed by atoms with Gasteiger partial charge in [-0.1, -0.05) is 191 Å². The number of rotatable bonds is 8. The van der Waals surface area contributed by atoms with E-state index in [0.717, 1.165) is 0 Å². The molecule has 0 N–H and O–H groups in total. The van der Waals surface area contributed by atoms with Crippen LogP contribution in [-0.4, -0.2) is 0 Å². The molecule has 3 fully saturated rings. The molecule has 16 rings (SSSR count). The van der Waals surface area contributed by atoms with E-state index in [1.54, 1.807) is 22.3 Å². The molecule has 0 unspecified atom stereocenters. The second kappa shape index (κ2) is 19.0. The van der Waals surface area contributed by atoms with Crippen molar-refractivity contribution in [1.82, 2.24) is 0 Å². The van der Waals surface area contributed by atoms with E-state index in [1.165, 1.54) is 197 Å². The maximum absolute atomic E-state index is 2.65. The van der Waals surface area contributed by atoms with E-state index in [0.29, 0.717) is 0 Å². The Morgan fingerprint density at radius 3 is 0.675 bits per heavy atom. The van der Waals surface area contributed by atoms with Crippen molar-refractivity contribution < 1.29 is 0 Å². The van der Waals surface area contributed by atoms with Crippen molar-refractivity contribution in [2.45, 2.75) is 113 Å². The molecule has 0 saturated heterocycles. The van der Waals surface area contributed by atoms with Gasteiger partial charge in [-0.15, -0.1) is 0 Å². The molecule has 10 aromatic carbocycles. The first kappa shape index (κ1) is 47.8. The SMILES string of the molecule is c1ccc(N(c2ccccc2)c2ccc3c(c2)C2(CCCCC2)c2cc(-c4ccc5c(c4)C4(CCCCC4)c4cc(-c6ccc7c(c6)C6(CCCCC6)c6cc(N(c8ccccc8)c8ccccc8)ccc6-7)ccc4-5)ccc2-3)cc1. The monoisotopic (exact) mass is 1030 g/mol. The predicted molar refractivity (Wildman–Crippen MR) is 335 cm³/mol. The molecule has 390 valence electrons. The molecule has 0 heterocycles. The normalized spacial score (nSPS) is 17.3. The molecule has 0 aromatic heterocycles. The average Bonchev–Trinajstić information content (AvgIpc) is 4.06. The molecule has 0 radical (unpaired) electrons. The van der Waals surface area contributed by atoms with Crippen molar-refractivity contribution in [1.29, 1.82) is 0 Å². The molecule has 6 aliphatic rings. The van der Waals surface area contributed by atoms with E-state index in [1.807, 2.05) is 0 Å². The minimum absolute atomic E-state index is 0.00773. The van der Waals surface area contributed by atoms with Crippen molar-refractivity contribution in [3.05, 3.63) is 264 Å². The first-order chi connectivity index (χ1) is 39.6. The largest absolute Gasteiger partial charge is 0.310 e. The summed E-state index contributed by atoms with van der Waals surface area (Å²) in [4.78, 5) is 4.88. The molecule has 0 atom stereocenters. The Balaban J connectivity index is 0.755. The third-order valence-corrected chi connectivity index (χ3v) is 20.4. The highest BCUT2D eigenvalue weighted by atomic mass is 15.1. The van der Waals surface area contributed by atoms with Crippen LogP contribution in [0.3, 0.4) is 0 Å². The fourth-order valence-corrected chi connectivity index (χ4v) is 16.7. The minimum Gasteiger partial charge on any atom is -0.310 e. The van der Waals surface area contributed by atoms with Gasteiger partial charge in [0.15, 0.2) is 0 Å². The third-order valence-electron chi connectivity index (χ3n) is 20.4. The molecular weight excluding hydrogens is 965 g/mol. The lowest BCUT2D eigenvalue weighted by atomic mass is 9.66. The molecule has 10 aromatic rings. The van der Waals surface area contributed by atoms with Crippen LogP contribution in [0.4, 0.5) is 34.1 Å². The molecular formula is C78H68N2. The van der Waals surface area contributed by atoms with Crippen LogP contribution < -0.4 is 9.80 Å². The first-order valence-electron chi connectivity index (χ1n) is 30.3. The third kappa shape index (κ3) is 7.37. The molecule has 3 saturated carbocycles. The summed E-state index contributed by atoms with van der Waals surface area (Å²) in [5.74, 6) is 0. The molecule has 2 heteroatoms. The predicted octanol–water partition coefficient (Wildman–Crippen LogP) is 21.7. The molecule has 6 aliphatic carbocycles. The summed E-state index contributed by atoms with van der Waals surface area (Å²) >= 11 is 0. The Kier molecular flexibility index (Phi) is 11.3. The Hall–Kier alpha value is -8.20. The van der Waals surface area contributed by atoms with Crippen LogP contribution in [0.15, 0.2) is 231 Å². The van der Waals surface area contributed by atoms with Gasteiger partial charge in [0.1, 0.15) is 0 Å². The Morgan fingerprint density at radius 1 is 0.200 bits per heavy atom. The summed E-state index contributed by atoms with van der Waals surface area (Å²) in [6.07, 6.45) is 18.8. The van der Waals surface area contributed by atoms with Gasteiger partial charge in [0.2, 0.25) is 0 Å². The number of hydrogen-bond acceptors (Lipinski definition) is 2. The van der Waals surface area contributed by atoms with Crippen LogP contribution in [0, 0.1) is 0 Å². The van der Waals surface area contributed by atoms with Gasteiger partial charge in [-0.3, -0.25) is 0 Å². The van der Waals surface area contributed by atoms with Crippen LogP contribution in [-0.2, 0) is 16.2 Å². The summed E-state index contributed by atoms with van der Waals surface area (Å²) in [5, 5.41) is 0. The zero-order valence-electron chi connectivity index (χ0n) is 45.9. The second-order valence-corrected chi connectivity index (χ2v) is 24.4. The fourth-order valence-electron chi connectivity index (χ4n) is 16.7. The van der Waals surface area contributed by atoms with E-state index in [-0.39, 0.29) is 16.2 Å². The van der Waals surface area contributed by atoms with Crippen molar-refractivity contribution in [3.63, 3.8) is 0 Å². The molecule has 2 nitrogen and oxygen atoms in total. The fraction of sp³-hybridized carbons (Fsp3) is 0.231. The van der Waals surface area contributed by atoms with E-state index in [9.17, 15) is 0 Å². The number of benzene rings is 10. The first-order valence-corrected chi connectivity index (χ1v) is 30.3. The van der Waals surface area contributed by atoms with Crippen LogP contribution >= 0.6 is 0 Å². The zero-order valence-corrected chi connectivity index (χ0v) is 45.9. The van der Waals surface area contributed by atoms with E-state index >= 15 is 0 Å². The molecule has 3 spiro atoms. The number of nitrogens with zero attached hydrogens (tertiary/aromatic N) is 2. The summed E-state index contributed by atoms with van der Waals surface area (Å²) in [5.41, 5.74) is 30.5.